The van der Waals surface area contributed by atoms with Crippen molar-refractivity contribution in [2.24, 2.45) is 0 Å². The summed E-state index contributed by atoms with van der Waals surface area (Å²) in [6.45, 7) is 0. The van der Waals surface area contributed by atoms with E-state index in [0.29, 0.717) is 10.0 Å². The van der Waals surface area contributed by atoms with Crippen LogP contribution in [0.5, 0.6) is 11.8 Å². The zero-order chi connectivity index (χ0) is 14.7. The Labute approximate surface area is 132 Å². The molecule has 0 N–H and O–H groups in total. The number of nitrogens with zero attached hydrogens (tertiary/aromatic N) is 2. The molecular weight excluding hydrogens is 392 g/mol. The highest BCUT2D eigenvalue weighted by molar-refractivity contribution is 9.11. The van der Waals surface area contributed by atoms with Gasteiger partial charge >= 0.3 is 0 Å². The largest absolute Gasteiger partial charge is 0.480 e. The molecular formula is C13H10Br2N2O3. The standard InChI is InChI=1S/C13H10Br2N2O3/c1-19-10-6-16-11(13(17-10)20-2)12(18)8-5-7(14)3-4-9(8)15/h3-6H,1-2H3. The van der Waals surface area contributed by atoms with E-state index in [1.165, 1.54) is 20.4 Å². The van der Waals surface area contributed by atoms with E-state index in [1.807, 2.05) is 6.07 Å². The van der Waals surface area contributed by atoms with Crippen LogP contribution in [0.3, 0.4) is 0 Å². The number of ketones is 1. The number of halogens is 2. The minimum absolute atomic E-state index is 0.126. The van der Waals surface area contributed by atoms with Crippen molar-refractivity contribution in [2.45, 2.75) is 0 Å². The van der Waals surface area contributed by atoms with E-state index in [0.717, 1.165) is 4.47 Å². The first-order valence-electron chi connectivity index (χ1n) is 5.51. The summed E-state index contributed by atoms with van der Waals surface area (Å²) in [7, 11) is 2.89. The van der Waals surface area contributed by atoms with E-state index in [2.05, 4.69) is 41.8 Å². The SMILES string of the molecule is COc1cnc(C(=O)c2cc(Br)ccc2Br)c(OC)n1. The second-order valence-electron chi connectivity index (χ2n) is 3.72. The van der Waals surface area contributed by atoms with E-state index in [4.69, 9.17) is 9.47 Å². The molecule has 7 heteroatoms. The maximum absolute atomic E-state index is 12.5. The Morgan fingerprint density at radius 2 is 1.95 bits per heavy atom. The average Bonchev–Trinajstić information content (AvgIpc) is 2.48. The number of carbonyl (C=O) groups excluding carboxylic acids is 1. The molecule has 0 atom stereocenters. The number of aromatic nitrogens is 2. The van der Waals surface area contributed by atoms with Gasteiger partial charge in [0.1, 0.15) is 0 Å². The number of methoxy groups -OCH3 is 2. The lowest BCUT2D eigenvalue weighted by atomic mass is 10.1. The lowest BCUT2D eigenvalue weighted by Crippen LogP contribution is -2.09. The summed E-state index contributed by atoms with van der Waals surface area (Å²) in [5.74, 6) is 0.123. The Kier molecular flexibility index (Phi) is 4.72. The van der Waals surface area contributed by atoms with E-state index < -0.39 is 0 Å². The fraction of sp³-hybridized carbons (Fsp3) is 0.154. The molecule has 0 fully saturated rings. The molecule has 2 aromatic rings. The average molecular weight is 402 g/mol. The summed E-state index contributed by atoms with van der Waals surface area (Å²) >= 11 is 6.68. The van der Waals surface area contributed by atoms with Crippen molar-refractivity contribution in [1.29, 1.82) is 0 Å². The molecule has 0 aliphatic rings. The second-order valence-corrected chi connectivity index (χ2v) is 5.49. The zero-order valence-electron chi connectivity index (χ0n) is 10.7. The van der Waals surface area contributed by atoms with Crippen LogP contribution in [0.2, 0.25) is 0 Å². The van der Waals surface area contributed by atoms with Gasteiger partial charge in [0, 0.05) is 14.5 Å². The summed E-state index contributed by atoms with van der Waals surface area (Å²) in [4.78, 5) is 20.6. The molecule has 0 unspecified atom stereocenters. The van der Waals surface area contributed by atoms with Crippen molar-refractivity contribution in [3.63, 3.8) is 0 Å². The van der Waals surface area contributed by atoms with Crippen LogP contribution in [-0.4, -0.2) is 30.0 Å². The topological polar surface area (TPSA) is 61.3 Å². The number of rotatable bonds is 4. The molecule has 0 aliphatic carbocycles. The second kappa shape index (κ2) is 6.32. The molecule has 0 amide bonds. The fourth-order valence-electron chi connectivity index (χ4n) is 1.55. The Balaban J connectivity index is 2.50. The molecule has 1 heterocycles. The van der Waals surface area contributed by atoms with Gasteiger partial charge in [-0.2, -0.15) is 4.98 Å². The molecule has 0 aliphatic heterocycles. The highest BCUT2D eigenvalue weighted by atomic mass is 79.9. The van der Waals surface area contributed by atoms with Gasteiger partial charge in [0.05, 0.1) is 20.4 Å². The number of carbonyl (C=O) groups is 1. The number of hydrogen-bond donors (Lipinski definition) is 0. The van der Waals surface area contributed by atoms with Crippen LogP contribution in [0, 0.1) is 0 Å². The van der Waals surface area contributed by atoms with Gasteiger partial charge in [-0.05, 0) is 18.2 Å². The van der Waals surface area contributed by atoms with Gasteiger partial charge in [0.2, 0.25) is 17.5 Å². The first kappa shape index (κ1) is 14.9. The predicted molar refractivity (Wildman–Crippen MR) is 80.4 cm³/mol. The van der Waals surface area contributed by atoms with Gasteiger partial charge in [0.15, 0.2) is 5.69 Å². The number of hydrogen-bond acceptors (Lipinski definition) is 5. The van der Waals surface area contributed by atoms with Gasteiger partial charge in [-0.15, -0.1) is 0 Å². The van der Waals surface area contributed by atoms with Crippen LogP contribution in [0.15, 0.2) is 33.3 Å². The number of benzene rings is 1. The molecule has 104 valence electrons. The monoisotopic (exact) mass is 400 g/mol. The summed E-state index contributed by atoms with van der Waals surface area (Å²) in [5.41, 5.74) is 0.601. The first-order chi connectivity index (χ1) is 9.56. The Morgan fingerprint density at radius 3 is 2.60 bits per heavy atom. The molecule has 1 aromatic carbocycles. The molecule has 0 bridgehead atoms. The van der Waals surface area contributed by atoms with Crippen molar-refractivity contribution in [3.8, 4) is 11.8 Å². The Morgan fingerprint density at radius 1 is 1.20 bits per heavy atom. The third-order valence-corrected chi connectivity index (χ3v) is 3.69. The zero-order valence-corrected chi connectivity index (χ0v) is 13.9. The molecule has 2 rings (SSSR count). The van der Waals surface area contributed by atoms with E-state index >= 15 is 0 Å². The van der Waals surface area contributed by atoms with Crippen LogP contribution in [0.1, 0.15) is 16.1 Å². The van der Waals surface area contributed by atoms with E-state index in [-0.39, 0.29) is 23.2 Å². The van der Waals surface area contributed by atoms with Crippen LogP contribution < -0.4 is 9.47 Å². The van der Waals surface area contributed by atoms with Crippen LogP contribution in [0.25, 0.3) is 0 Å². The Hall–Kier alpha value is -1.47. The fourth-order valence-corrected chi connectivity index (χ4v) is 2.34. The lowest BCUT2D eigenvalue weighted by Gasteiger charge is -2.08. The molecule has 0 saturated carbocycles. The highest BCUT2D eigenvalue weighted by Crippen LogP contribution is 2.26. The van der Waals surface area contributed by atoms with Gasteiger partial charge in [-0.25, -0.2) is 4.98 Å². The minimum atomic E-state index is -0.287. The van der Waals surface area contributed by atoms with Crippen molar-refractivity contribution < 1.29 is 14.3 Å². The molecule has 1 aromatic heterocycles. The minimum Gasteiger partial charge on any atom is -0.480 e. The maximum Gasteiger partial charge on any atom is 0.247 e. The molecule has 20 heavy (non-hydrogen) atoms. The maximum atomic E-state index is 12.5. The molecule has 5 nitrogen and oxygen atoms in total. The van der Waals surface area contributed by atoms with E-state index in [9.17, 15) is 4.79 Å². The van der Waals surface area contributed by atoms with Crippen molar-refractivity contribution >= 4 is 37.6 Å². The molecule has 0 spiro atoms. The van der Waals surface area contributed by atoms with Crippen LogP contribution >= 0.6 is 31.9 Å². The smallest absolute Gasteiger partial charge is 0.247 e. The van der Waals surface area contributed by atoms with Crippen LogP contribution in [-0.2, 0) is 0 Å². The summed E-state index contributed by atoms with van der Waals surface area (Å²) < 4.78 is 11.5. The quantitative estimate of drug-likeness (QED) is 0.736. The van der Waals surface area contributed by atoms with Crippen molar-refractivity contribution in [2.75, 3.05) is 14.2 Å². The third-order valence-electron chi connectivity index (χ3n) is 2.51. The molecule has 0 radical (unpaired) electrons. The van der Waals surface area contributed by atoms with Crippen molar-refractivity contribution in [3.05, 3.63) is 44.6 Å². The van der Waals surface area contributed by atoms with Gasteiger partial charge in [0.25, 0.3) is 0 Å². The first-order valence-corrected chi connectivity index (χ1v) is 7.10. The summed E-state index contributed by atoms with van der Waals surface area (Å²) in [6, 6.07) is 5.32. The van der Waals surface area contributed by atoms with E-state index in [1.54, 1.807) is 12.1 Å². The summed E-state index contributed by atoms with van der Waals surface area (Å²) in [6.07, 6.45) is 1.38. The highest BCUT2D eigenvalue weighted by Gasteiger charge is 2.20. The third kappa shape index (κ3) is 2.99. The lowest BCUT2D eigenvalue weighted by molar-refractivity contribution is 0.102. The van der Waals surface area contributed by atoms with Crippen molar-refractivity contribution in [1.82, 2.24) is 9.97 Å². The Bertz CT molecular complexity index is 662. The molecule has 0 saturated heterocycles. The van der Waals surface area contributed by atoms with Crippen LogP contribution in [0.4, 0.5) is 0 Å². The van der Waals surface area contributed by atoms with Gasteiger partial charge in [-0.3, -0.25) is 4.79 Å². The normalized spacial score (nSPS) is 10.2. The summed E-state index contributed by atoms with van der Waals surface area (Å²) in [5, 5.41) is 0. The predicted octanol–water partition coefficient (Wildman–Crippen LogP) is 3.25. The van der Waals surface area contributed by atoms with Gasteiger partial charge < -0.3 is 9.47 Å². The van der Waals surface area contributed by atoms with Gasteiger partial charge in [-0.1, -0.05) is 31.9 Å². The number of ether oxygens (including phenoxy) is 2.